The predicted octanol–water partition coefficient (Wildman–Crippen LogP) is 8.09. The standard InChI is InChI=1S/C28H38FN3O2SSi/c1-28(2,3)36(5,6)34-23-13-11-22(12-14-23)33-26-24(29)15-10-20-17-30-27(32-25(20)26)31-21-9-7-8-19(16-21)18-35-4/h7-10,15-17,22-23H,11-14,18H2,1-6H3,(H,30,31,32)/t22-,23+. The number of thioether (sulfide) groups is 1. The number of benzene rings is 2. The van der Waals surface area contributed by atoms with E-state index >= 15 is 0 Å². The number of halogens is 1. The van der Waals surface area contributed by atoms with E-state index in [0.29, 0.717) is 11.5 Å². The zero-order valence-electron chi connectivity index (χ0n) is 22.2. The molecule has 1 fully saturated rings. The van der Waals surface area contributed by atoms with Gasteiger partial charge in [0.1, 0.15) is 5.52 Å². The van der Waals surface area contributed by atoms with E-state index in [0.717, 1.165) is 42.5 Å². The van der Waals surface area contributed by atoms with Crippen LogP contribution in [-0.4, -0.2) is 36.7 Å². The van der Waals surface area contributed by atoms with Crippen LogP contribution in [0.3, 0.4) is 0 Å². The molecular weight excluding hydrogens is 489 g/mol. The Bertz CT molecular complexity index is 1190. The minimum atomic E-state index is -1.81. The molecule has 8 heteroatoms. The fourth-order valence-corrected chi connectivity index (χ4v) is 6.22. The predicted molar refractivity (Wildman–Crippen MR) is 151 cm³/mol. The molecule has 0 spiro atoms. The van der Waals surface area contributed by atoms with Gasteiger partial charge in [0.15, 0.2) is 19.9 Å². The number of fused-ring (bicyclic) bond motifs is 1. The summed E-state index contributed by atoms with van der Waals surface area (Å²) in [6, 6.07) is 11.3. The molecule has 5 nitrogen and oxygen atoms in total. The molecule has 0 amide bonds. The second-order valence-corrected chi connectivity index (χ2v) is 16.8. The van der Waals surface area contributed by atoms with Crippen molar-refractivity contribution in [1.29, 1.82) is 0 Å². The van der Waals surface area contributed by atoms with Crippen LogP contribution in [0.1, 0.15) is 52.0 Å². The molecule has 194 valence electrons. The molecule has 0 unspecified atom stereocenters. The Kier molecular flexibility index (Phi) is 8.27. The quantitative estimate of drug-likeness (QED) is 0.299. The van der Waals surface area contributed by atoms with Crippen molar-refractivity contribution in [2.24, 2.45) is 0 Å². The lowest BCUT2D eigenvalue weighted by atomic mass is 9.95. The summed E-state index contributed by atoms with van der Waals surface area (Å²) in [7, 11) is -1.81. The summed E-state index contributed by atoms with van der Waals surface area (Å²) in [5.41, 5.74) is 2.61. The molecule has 1 heterocycles. The third kappa shape index (κ3) is 6.39. The average Bonchev–Trinajstić information content (AvgIpc) is 2.82. The number of hydrogen-bond donors (Lipinski definition) is 1. The van der Waals surface area contributed by atoms with Gasteiger partial charge in [0.25, 0.3) is 0 Å². The lowest BCUT2D eigenvalue weighted by Gasteiger charge is -2.41. The first-order valence-electron chi connectivity index (χ1n) is 12.7. The summed E-state index contributed by atoms with van der Waals surface area (Å²) in [5.74, 6) is 1.17. The van der Waals surface area contributed by atoms with Crippen LogP contribution in [0.15, 0.2) is 42.6 Å². The molecule has 0 aliphatic heterocycles. The van der Waals surface area contributed by atoms with E-state index < -0.39 is 14.1 Å². The van der Waals surface area contributed by atoms with Crippen molar-refractivity contribution in [3.05, 3.63) is 54.0 Å². The molecule has 36 heavy (non-hydrogen) atoms. The highest BCUT2D eigenvalue weighted by molar-refractivity contribution is 7.97. The Balaban J connectivity index is 1.48. The summed E-state index contributed by atoms with van der Waals surface area (Å²) in [6.45, 7) is 11.4. The number of hydrogen-bond acceptors (Lipinski definition) is 6. The molecule has 1 aliphatic rings. The minimum Gasteiger partial charge on any atom is -0.485 e. The van der Waals surface area contributed by atoms with E-state index in [1.54, 1.807) is 24.0 Å². The fraction of sp³-hybridized carbons (Fsp3) is 0.500. The van der Waals surface area contributed by atoms with Gasteiger partial charge in [-0.3, -0.25) is 0 Å². The molecule has 2 aromatic carbocycles. The smallest absolute Gasteiger partial charge is 0.227 e. The summed E-state index contributed by atoms with van der Waals surface area (Å²) in [6.07, 6.45) is 7.53. The van der Waals surface area contributed by atoms with Gasteiger partial charge in [0, 0.05) is 29.1 Å². The number of nitrogens with zero attached hydrogens (tertiary/aromatic N) is 2. The van der Waals surface area contributed by atoms with E-state index in [1.807, 2.05) is 12.1 Å². The van der Waals surface area contributed by atoms with Crippen molar-refractivity contribution in [1.82, 2.24) is 9.97 Å². The largest absolute Gasteiger partial charge is 0.485 e. The molecule has 1 aliphatic carbocycles. The van der Waals surface area contributed by atoms with Crippen LogP contribution in [0.4, 0.5) is 16.0 Å². The summed E-state index contributed by atoms with van der Waals surface area (Å²) in [4.78, 5) is 9.09. The van der Waals surface area contributed by atoms with Crippen LogP contribution in [0.2, 0.25) is 18.1 Å². The molecule has 1 saturated carbocycles. The first kappa shape index (κ1) is 26.9. The lowest BCUT2D eigenvalue weighted by molar-refractivity contribution is 0.0713. The second-order valence-electron chi connectivity index (χ2n) is 11.2. The first-order valence-corrected chi connectivity index (χ1v) is 17.0. The Morgan fingerprint density at radius 1 is 1.08 bits per heavy atom. The van der Waals surface area contributed by atoms with Crippen LogP contribution >= 0.6 is 11.8 Å². The molecule has 0 bridgehead atoms. The molecule has 1 aromatic heterocycles. The van der Waals surface area contributed by atoms with E-state index in [4.69, 9.17) is 9.16 Å². The van der Waals surface area contributed by atoms with Crippen molar-refractivity contribution in [2.75, 3.05) is 11.6 Å². The number of aromatic nitrogens is 2. The number of ether oxygens (including phenoxy) is 1. The maximum Gasteiger partial charge on any atom is 0.227 e. The van der Waals surface area contributed by atoms with Gasteiger partial charge in [-0.05, 0) is 79.9 Å². The maximum atomic E-state index is 15.0. The van der Waals surface area contributed by atoms with E-state index in [9.17, 15) is 4.39 Å². The van der Waals surface area contributed by atoms with E-state index in [2.05, 4.69) is 67.5 Å². The van der Waals surface area contributed by atoms with E-state index in [-0.39, 0.29) is 23.0 Å². The highest BCUT2D eigenvalue weighted by Gasteiger charge is 2.40. The van der Waals surface area contributed by atoms with Crippen LogP contribution in [0.25, 0.3) is 10.9 Å². The van der Waals surface area contributed by atoms with Gasteiger partial charge >= 0.3 is 0 Å². The fourth-order valence-electron chi connectivity index (χ4n) is 4.28. The zero-order chi connectivity index (χ0) is 25.9. The number of nitrogens with one attached hydrogen (secondary N) is 1. The van der Waals surface area contributed by atoms with Gasteiger partial charge in [-0.15, -0.1) is 0 Å². The van der Waals surface area contributed by atoms with Crippen LogP contribution in [-0.2, 0) is 10.2 Å². The number of anilines is 2. The van der Waals surface area contributed by atoms with Crippen LogP contribution in [0.5, 0.6) is 5.75 Å². The van der Waals surface area contributed by atoms with Gasteiger partial charge in [0.05, 0.1) is 6.10 Å². The van der Waals surface area contributed by atoms with Gasteiger partial charge in [0.2, 0.25) is 5.95 Å². The molecule has 0 atom stereocenters. The van der Waals surface area contributed by atoms with Crippen molar-refractivity contribution in [3.63, 3.8) is 0 Å². The zero-order valence-corrected chi connectivity index (χ0v) is 24.0. The van der Waals surface area contributed by atoms with Crippen molar-refractivity contribution in [2.45, 2.75) is 82.5 Å². The van der Waals surface area contributed by atoms with Crippen LogP contribution in [0, 0.1) is 5.82 Å². The van der Waals surface area contributed by atoms with Crippen molar-refractivity contribution in [3.8, 4) is 5.75 Å². The molecule has 1 N–H and O–H groups in total. The molecular formula is C28H38FN3O2SSi. The average molecular weight is 528 g/mol. The summed E-state index contributed by atoms with van der Waals surface area (Å²) < 4.78 is 27.8. The topological polar surface area (TPSA) is 56.3 Å². The number of rotatable bonds is 8. The Labute approximate surface area is 219 Å². The highest BCUT2D eigenvalue weighted by atomic mass is 32.2. The lowest BCUT2D eigenvalue weighted by Crippen LogP contribution is -2.45. The first-order chi connectivity index (χ1) is 17.1. The minimum absolute atomic E-state index is 0.0565. The maximum absolute atomic E-state index is 15.0. The van der Waals surface area contributed by atoms with Gasteiger partial charge in [-0.2, -0.15) is 11.8 Å². The Morgan fingerprint density at radius 2 is 1.81 bits per heavy atom. The van der Waals surface area contributed by atoms with Gasteiger partial charge in [-0.1, -0.05) is 32.9 Å². The third-order valence-electron chi connectivity index (χ3n) is 7.33. The Morgan fingerprint density at radius 3 is 2.50 bits per heavy atom. The molecule has 0 radical (unpaired) electrons. The summed E-state index contributed by atoms with van der Waals surface area (Å²) >= 11 is 1.77. The van der Waals surface area contributed by atoms with Crippen molar-refractivity contribution < 1.29 is 13.6 Å². The SMILES string of the molecule is CSCc1cccc(Nc2ncc3ccc(F)c(O[C@H]4CC[C@@H](O[Si](C)(C)C(C)(C)C)CC4)c3n2)c1. The monoisotopic (exact) mass is 527 g/mol. The molecule has 4 rings (SSSR count). The van der Waals surface area contributed by atoms with Gasteiger partial charge < -0.3 is 14.5 Å². The molecule has 3 aromatic rings. The van der Waals surface area contributed by atoms with Crippen LogP contribution < -0.4 is 10.1 Å². The second kappa shape index (κ2) is 11.1. The van der Waals surface area contributed by atoms with E-state index in [1.165, 1.54) is 11.6 Å². The third-order valence-corrected chi connectivity index (χ3v) is 12.5. The highest BCUT2D eigenvalue weighted by Crippen LogP contribution is 2.40. The Hall–Kier alpha value is -2.16. The van der Waals surface area contributed by atoms with Crippen molar-refractivity contribution >= 4 is 42.6 Å². The summed E-state index contributed by atoms with van der Waals surface area (Å²) in [5, 5.41) is 4.20. The van der Waals surface area contributed by atoms with Gasteiger partial charge in [-0.25, -0.2) is 14.4 Å². The normalized spacial score (nSPS) is 18.9. The molecule has 0 saturated heterocycles.